The number of oxazole rings is 1. The van der Waals surface area contributed by atoms with Crippen molar-refractivity contribution < 1.29 is 17.6 Å². The van der Waals surface area contributed by atoms with Crippen LogP contribution in [0.2, 0.25) is 0 Å². The molecular formula is C16H20N2O4S. The van der Waals surface area contributed by atoms with Gasteiger partial charge in [-0.2, -0.15) is 0 Å². The summed E-state index contributed by atoms with van der Waals surface area (Å²) in [5.41, 5.74) is 0.857. The summed E-state index contributed by atoms with van der Waals surface area (Å²) in [6.45, 7) is 5.35. The van der Waals surface area contributed by atoms with E-state index in [2.05, 4.69) is 4.98 Å². The van der Waals surface area contributed by atoms with E-state index >= 15 is 0 Å². The highest BCUT2D eigenvalue weighted by Crippen LogP contribution is 2.23. The van der Waals surface area contributed by atoms with Crippen LogP contribution in [0.25, 0.3) is 0 Å². The van der Waals surface area contributed by atoms with E-state index in [0.29, 0.717) is 22.9 Å². The highest BCUT2D eigenvalue weighted by atomic mass is 32.2. The molecule has 1 aromatic heterocycles. The second-order valence-electron chi connectivity index (χ2n) is 5.69. The van der Waals surface area contributed by atoms with Gasteiger partial charge < -0.3 is 4.42 Å². The molecule has 0 amide bonds. The molecular weight excluding hydrogens is 316 g/mol. The zero-order valence-electron chi connectivity index (χ0n) is 13.6. The molecule has 0 spiro atoms. The minimum atomic E-state index is -3.55. The molecule has 0 fully saturated rings. The molecule has 23 heavy (non-hydrogen) atoms. The third kappa shape index (κ3) is 4.19. The van der Waals surface area contributed by atoms with Crippen LogP contribution in [0, 0.1) is 0 Å². The summed E-state index contributed by atoms with van der Waals surface area (Å²) in [5.74, 6) is 1.06. The van der Waals surface area contributed by atoms with Crippen molar-refractivity contribution in [3.05, 3.63) is 47.7 Å². The molecule has 124 valence electrons. The van der Waals surface area contributed by atoms with Gasteiger partial charge in [0.1, 0.15) is 12.3 Å². The van der Waals surface area contributed by atoms with Gasteiger partial charge in [-0.3, -0.25) is 9.10 Å². The molecule has 0 unspecified atom stereocenters. The summed E-state index contributed by atoms with van der Waals surface area (Å²) in [7, 11) is -3.55. The lowest BCUT2D eigenvalue weighted by Gasteiger charge is -2.21. The lowest BCUT2D eigenvalue weighted by atomic mass is 10.1. The molecule has 2 rings (SSSR count). The second kappa shape index (κ2) is 6.54. The molecule has 0 N–H and O–H groups in total. The van der Waals surface area contributed by atoms with Crippen molar-refractivity contribution in [3.63, 3.8) is 0 Å². The Morgan fingerprint density at radius 2 is 2.04 bits per heavy atom. The van der Waals surface area contributed by atoms with Gasteiger partial charge in [-0.25, -0.2) is 13.4 Å². The highest BCUT2D eigenvalue weighted by Gasteiger charge is 2.21. The van der Waals surface area contributed by atoms with Gasteiger partial charge in [-0.15, -0.1) is 0 Å². The average Bonchev–Trinajstić information content (AvgIpc) is 2.92. The fourth-order valence-electron chi connectivity index (χ4n) is 2.07. The summed E-state index contributed by atoms with van der Waals surface area (Å²) >= 11 is 0. The lowest BCUT2D eigenvalue weighted by molar-refractivity contribution is 0.101. The molecule has 1 aromatic carbocycles. The summed E-state index contributed by atoms with van der Waals surface area (Å²) in [6.07, 6.45) is 2.71. The Balaban J connectivity index is 2.38. The van der Waals surface area contributed by atoms with E-state index in [4.69, 9.17) is 4.42 Å². The number of rotatable bonds is 6. The predicted molar refractivity (Wildman–Crippen MR) is 88.1 cm³/mol. The van der Waals surface area contributed by atoms with E-state index in [0.717, 1.165) is 6.26 Å². The van der Waals surface area contributed by atoms with Crippen LogP contribution in [0.4, 0.5) is 5.69 Å². The number of carbonyl (C=O) groups is 1. The van der Waals surface area contributed by atoms with Crippen LogP contribution >= 0.6 is 0 Å². The maximum atomic E-state index is 12.1. The van der Waals surface area contributed by atoms with Gasteiger partial charge in [0.2, 0.25) is 15.9 Å². The van der Waals surface area contributed by atoms with Gasteiger partial charge in [0.25, 0.3) is 0 Å². The van der Waals surface area contributed by atoms with E-state index in [1.54, 1.807) is 30.5 Å². The monoisotopic (exact) mass is 336 g/mol. The van der Waals surface area contributed by atoms with Gasteiger partial charge in [0.15, 0.2) is 5.78 Å². The Hall–Kier alpha value is -2.15. The molecule has 0 aliphatic rings. The van der Waals surface area contributed by atoms with Crippen molar-refractivity contribution >= 4 is 21.5 Å². The van der Waals surface area contributed by atoms with E-state index in [1.807, 2.05) is 13.8 Å². The summed E-state index contributed by atoms with van der Waals surface area (Å²) in [4.78, 5) is 15.6. The number of hydrogen-bond donors (Lipinski definition) is 0. The van der Waals surface area contributed by atoms with Crippen LogP contribution in [-0.2, 0) is 16.6 Å². The topological polar surface area (TPSA) is 80.5 Å². The zero-order chi connectivity index (χ0) is 17.2. The summed E-state index contributed by atoms with van der Waals surface area (Å²) in [6, 6.07) is 6.49. The van der Waals surface area contributed by atoms with Gasteiger partial charge in [-0.05, 0) is 19.1 Å². The van der Waals surface area contributed by atoms with Crippen LogP contribution in [0.15, 0.2) is 34.9 Å². The van der Waals surface area contributed by atoms with Gasteiger partial charge in [0.05, 0.1) is 18.1 Å². The molecule has 2 aromatic rings. The van der Waals surface area contributed by atoms with Crippen molar-refractivity contribution in [1.82, 2.24) is 4.98 Å². The number of aromatic nitrogens is 1. The number of hydrogen-bond acceptors (Lipinski definition) is 5. The fourth-order valence-corrected chi connectivity index (χ4v) is 2.91. The Morgan fingerprint density at radius 3 is 2.57 bits per heavy atom. The number of nitrogens with zero attached hydrogens (tertiary/aromatic N) is 2. The molecule has 0 saturated heterocycles. The summed E-state index contributed by atoms with van der Waals surface area (Å²) < 4.78 is 31.0. The average molecular weight is 336 g/mol. The Labute approximate surface area is 136 Å². The number of sulfonamides is 1. The molecule has 0 saturated carbocycles. The number of carbonyl (C=O) groups excluding carboxylic acids is 1. The molecule has 0 atom stereocenters. The van der Waals surface area contributed by atoms with E-state index < -0.39 is 10.0 Å². The van der Waals surface area contributed by atoms with Crippen LogP contribution in [-0.4, -0.2) is 25.4 Å². The quantitative estimate of drug-likeness (QED) is 0.758. The number of Topliss-reactive ketones (excluding diaryl/α,β-unsaturated/α-hetero) is 1. The third-order valence-corrected chi connectivity index (χ3v) is 4.50. The minimum absolute atomic E-state index is 0.0209. The van der Waals surface area contributed by atoms with Crippen molar-refractivity contribution in [1.29, 1.82) is 0 Å². The van der Waals surface area contributed by atoms with Crippen molar-refractivity contribution in [2.75, 3.05) is 10.6 Å². The van der Waals surface area contributed by atoms with Crippen molar-refractivity contribution in [2.45, 2.75) is 33.2 Å². The maximum absolute atomic E-state index is 12.1. The van der Waals surface area contributed by atoms with E-state index in [1.165, 1.54) is 11.2 Å². The largest absolute Gasteiger partial charge is 0.443 e. The standard InChI is InChI=1S/C16H20N2O4S/c1-11(2)15-9-17-16(22-15)10-18(23(4,20)21)14-7-5-6-13(8-14)12(3)19/h5-9,11H,10H2,1-4H3. The molecule has 0 aliphatic heterocycles. The van der Waals surface area contributed by atoms with Gasteiger partial charge in [0, 0.05) is 11.5 Å². The minimum Gasteiger partial charge on any atom is -0.443 e. The SMILES string of the molecule is CC(=O)c1cccc(N(Cc2ncc(C(C)C)o2)S(C)(=O)=O)c1. The molecule has 6 nitrogen and oxygen atoms in total. The number of ketones is 1. The van der Waals surface area contributed by atoms with Crippen molar-refractivity contribution in [3.8, 4) is 0 Å². The van der Waals surface area contributed by atoms with E-state index in [9.17, 15) is 13.2 Å². The van der Waals surface area contributed by atoms with Crippen LogP contribution < -0.4 is 4.31 Å². The third-order valence-electron chi connectivity index (χ3n) is 3.36. The van der Waals surface area contributed by atoms with Gasteiger partial charge in [-0.1, -0.05) is 26.0 Å². The Morgan fingerprint density at radius 1 is 1.35 bits per heavy atom. The van der Waals surface area contributed by atoms with Crippen LogP contribution in [0.3, 0.4) is 0 Å². The molecule has 0 radical (unpaired) electrons. The van der Waals surface area contributed by atoms with Crippen LogP contribution in [0.5, 0.6) is 0 Å². The van der Waals surface area contributed by atoms with Gasteiger partial charge >= 0.3 is 0 Å². The highest BCUT2D eigenvalue weighted by molar-refractivity contribution is 7.92. The molecule has 1 heterocycles. The first-order chi connectivity index (χ1) is 10.7. The Bertz CT molecular complexity index is 809. The van der Waals surface area contributed by atoms with Crippen LogP contribution in [0.1, 0.15) is 48.7 Å². The zero-order valence-corrected chi connectivity index (χ0v) is 14.4. The second-order valence-corrected chi connectivity index (χ2v) is 7.59. The predicted octanol–water partition coefficient (Wildman–Crippen LogP) is 2.97. The molecule has 0 aliphatic carbocycles. The smallest absolute Gasteiger partial charge is 0.232 e. The number of benzene rings is 1. The summed E-state index contributed by atoms with van der Waals surface area (Å²) in [5, 5.41) is 0. The van der Waals surface area contributed by atoms with E-state index in [-0.39, 0.29) is 18.2 Å². The first-order valence-electron chi connectivity index (χ1n) is 7.22. The normalized spacial score (nSPS) is 11.7. The molecule has 0 bridgehead atoms. The number of anilines is 1. The Kier molecular flexibility index (Phi) is 4.89. The molecule has 7 heteroatoms. The lowest BCUT2D eigenvalue weighted by Crippen LogP contribution is -2.29. The first kappa shape index (κ1) is 17.2. The fraction of sp³-hybridized carbons (Fsp3) is 0.375. The first-order valence-corrected chi connectivity index (χ1v) is 9.06. The maximum Gasteiger partial charge on any atom is 0.232 e. The van der Waals surface area contributed by atoms with Crippen molar-refractivity contribution in [2.24, 2.45) is 0 Å².